The Morgan fingerprint density at radius 2 is 1.75 bits per heavy atom. The van der Waals surface area contributed by atoms with Gasteiger partial charge in [0.25, 0.3) is 15.9 Å². The Hall–Kier alpha value is -3.12. The Morgan fingerprint density at radius 3 is 2.39 bits per heavy atom. The van der Waals surface area contributed by atoms with Gasteiger partial charge in [-0.15, -0.1) is 0 Å². The minimum absolute atomic E-state index is 0.123. The van der Waals surface area contributed by atoms with Crippen molar-refractivity contribution >= 4 is 43.8 Å². The Labute approximate surface area is 164 Å². The molecule has 1 aliphatic heterocycles. The number of anilines is 3. The fourth-order valence-electron chi connectivity index (χ4n) is 3.53. The van der Waals surface area contributed by atoms with Gasteiger partial charge in [-0.25, -0.2) is 8.42 Å². The summed E-state index contributed by atoms with van der Waals surface area (Å²) in [4.78, 5) is 14.8. The number of sulfonamides is 1. The van der Waals surface area contributed by atoms with Crippen molar-refractivity contribution < 1.29 is 13.2 Å². The molecule has 0 aliphatic carbocycles. The van der Waals surface area contributed by atoms with E-state index in [0.717, 1.165) is 22.2 Å². The van der Waals surface area contributed by atoms with Crippen molar-refractivity contribution in [3.8, 4) is 0 Å². The third-order valence-electron chi connectivity index (χ3n) is 4.98. The van der Waals surface area contributed by atoms with Crippen LogP contribution in [0.2, 0.25) is 0 Å². The van der Waals surface area contributed by atoms with Gasteiger partial charge >= 0.3 is 0 Å². The molecule has 6 heteroatoms. The Morgan fingerprint density at radius 1 is 1.04 bits per heavy atom. The van der Waals surface area contributed by atoms with Crippen LogP contribution >= 0.6 is 0 Å². The van der Waals surface area contributed by atoms with E-state index < -0.39 is 10.0 Å². The summed E-state index contributed by atoms with van der Waals surface area (Å²) in [6.45, 7) is 7.57. The Kier molecular flexibility index (Phi) is 4.23. The molecule has 3 aromatic rings. The molecule has 0 fully saturated rings. The van der Waals surface area contributed by atoms with Crippen LogP contribution in [0.15, 0.2) is 66.6 Å². The number of carbonyl (C=O) groups is 1. The third-order valence-corrected chi connectivity index (χ3v) is 5.93. The van der Waals surface area contributed by atoms with Gasteiger partial charge in [0, 0.05) is 21.9 Å². The lowest BCUT2D eigenvalue weighted by Gasteiger charge is -2.19. The van der Waals surface area contributed by atoms with Gasteiger partial charge in [-0.2, -0.15) is 0 Å². The van der Waals surface area contributed by atoms with Crippen molar-refractivity contribution in [1.82, 2.24) is 0 Å². The van der Waals surface area contributed by atoms with E-state index in [4.69, 9.17) is 0 Å². The molecule has 0 spiro atoms. The van der Waals surface area contributed by atoms with E-state index in [2.05, 4.69) is 25.1 Å². The highest BCUT2D eigenvalue weighted by atomic mass is 32.2. The van der Waals surface area contributed by atoms with Crippen molar-refractivity contribution in [3.63, 3.8) is 0 Å². The molecule has 0 radical (unpaired) electrons. The van der Waals surface area contributed by atoms with Crippen LogP contribution in [0.1, 0.15) is 35.7 Å². The summed E-state index contributed by atoms with van der Waals surface area (Å²) in [5.41, 5.74) is 3.71. The van der Waals surface area contributed by atoms with E-state index in [-0.39, 0.29) is 5.91 Å². The summed E-state index contributed by atoms with van der Waals surface area (Å²) in [7, 11) is -3.65. The average molecular weight is 392 g/mol. The first-order valence-corrected chi connectivity index (χ1v) is 10.5. The van der Waals surface area contributed by atoms with Crippen molar-refractivity contribution in [2.24, 2.45) is 0 Å². The van der Waals surface area contributed by atoms with Crippen molar-refractivity contribution in [2.45, 2.75) is 19.8 Å². The van der Waals surface area contributed by atoms with E-state index in [0.29, 0.717) is 22.6 Å². The molecule has 4 rings (SSSR count). The largest absolute Gasteiger partial charge is 0.280 e. The minimum Gasteiger partial charge on any atom is -0.280 e. The lowest BCUT2D eigenvalue weighted by atomic mass is 10.0. The predicted octanol–water partition coefficient (Wildman–Crippen LogP) is 5.14. The zero-order chi connectivity index (χ0) is 20.1. The Balaban J connectivity index is 1.86. The van der Waals surface area contributed by atoms with Gasteiger partial charge in [-0.1, -0.05) is 44.7 Å². The van der Waals surface area contributed by atoms with Crippen LogP contribution in [-0.2, 0) is 10.0 Å². The number of nitrogens with zero attached hydrogens (tertiary/aromatic N) is 1. The highest BCUT2D eigenvalue weighted by Crippen LogP contribution is 2.44. The van der Waals surface area contributed by atoms with Crippen LogP contribution in [0.25, 0.3) is 10.8 Å². The molecule has 0 unspecified atom stereocenters. The van der Waals surface area contributed by atoms with Crippen LogP contribution < -0.4 is 9.62 Å². The molecule has 3 aromatic carbocycles. The van der Waals surface area contributed by atoms with Gasteiger partial charge in [0.1, 0.15) is 0 Å². The second kappa shape index (κ2) is 6.49. The second-order valence-corrected chi connectivity index (χ2v) is 8.69. The lowest BCUT2D eigenvalue weighted by molar-refractivity contribution is 0.100. The van der Waals surface area contributed by atoms with Gasteiger partial charge in [-0.05, 0) is 41.8 Å². The standard InChI is InChI=1S/C22H20N2O3S/c1-4-28(26,27)23-19-12-13-20-21-17(19)6-5-7-18(21)22(25)24(20)16-10-8-15(9-11-16)14(2)3/h4-14,23H,1H2,2-3H3. The number of rotatable bonds is 5. The molecule has 5 nitrogen and oxygen atoms in total. The van der Waals surface area contributed by atoms with Crippen LogP contribution in [0.3, 0.4) is 0 Å². The van der Waals surface area contributed by atoms with Crippen molar-refractivity contribution in [3.05, 3.63) is 77.7 Å². The molecule has 1 amide bonds. The van der Waals surface area contributed by atoms with Crippen molar-refractivity contribution in [1.29, 1.82) is 0 Å². The number of benzene rings is 3. The SMILES string of the molecule is C=CS(=O)(=O)Nc1ccc2c3c(cccc13)C(=O)N2c1ccc(C(C)C)cc1. The van der Waals surface area contributed by atoms with E-state index in [1.807, 2.05) is 30.3 Å². The summed E-state index contributed by atoms with van der Waals surface area (Å²) in [5, 5.41) is 2.28. The molecule has 28 heavy (non-hydrogen) atoms. The normalized spacial score (nSPS) is 13.4. The predicted molar refractivity (Wildman–Crippen MR) is 114 cm³/mol. The zero-order valence-electron chi connectivity index (χ0n) is 15.6. The fourth-order valence-corrected chi connectivity index (χ4v) is 4.10. The molecule has 1 heterocycles. The highest BCUT2D eigenvalue weighted by Gasteiger charge is 2.31. The van der Waals surface area contributed by atoms with Gasteiger partial charge in [0.2, 0.25) is 0 Å². The molecule has 0 aromatic heterocycles. The van der Waals surface area contributed by atoms with E-state index >= 15 is 0 Å². The van der Waals surface area contributed by atoms with E-state index in [9.17, 15) is 13.2 Å². The molecular weight excluding hydrogens is 372 g/mol. The molecule has 0 saturated heterocycles. The average Bonchev–Trinajstić information content (AvgIpc) is 2.97. The van der Waals surface area contributed by atoms with Crippen molar-refractivity contribution in [2.75, 3.05) is 9.62 Å². The first-order chi connectivity index (χ1) is 13.3. The van der Waals surface area contributed by atoms with Gasteiger partial charge in [0.15, 0.2) is 0 Å². The van der Waals surface area contributed by atoms with Crippen LogP contribution in [0.4, 0.5) is 17.1 Å². The van der Waals surface area contributed by atoms with Crippen LogP contribution in [-0.4, -0.2) is 14.3 Å². The number of nitrogens with one attached hydrogen (secondary N) is 1. The van der Waals surface area contributed by atoms with Crippen LogP contribution in [0.5, 0.6) is 0 Å². The quantitative estimate of drug-likeness (QED) is 0.654. The van der Waals surface area contributed by atoms with Gasteiger partial charge < -0.3 is 0 Å². The molecule has 1 N–H and O–H groups in total. The molecule has 142 valence electrons. The maximum Gasteiger partial charge on any atom is 0.263 e. The number of hydrogen-bond acceptors (Lipinski definition) is 3. The number of amides is 1. The summed E-state index contributed by atoms with van der Waals surface area (Å²) in [5.74, 6) is 0.283. The summed E-state index contributed by atoms with van der Waals surface area (Å²) < 4.78 is 26.4. The fraction of sp³-hybridized carbons (Fsp3) is 0.136. The first-order valence-electron chi connectivity index (χ1n) is 8.98. The maximum atomic E-state index is 13.1. The number of carbonyl (C=O) groups excluding carboxylic acids is 1. The molecular formula is C22H20N2O3S. The van der Waals surface area contributed by atoms with E-state index in [1.165, 1.54) is 5.56 Å². The topological polar surface area (TPSA) is 66.5 Å². The molecule has 0 atom stereocenters. The monoisotopic (exact) mass is 392 g/mol. The zero-order valence-corrected chi connectivity index (χ0v) is 16.5. The summed E-state index contributed by atoms with van der Waals surface area (Å²) in [6.07, 6.45) is 0. The van der Waals surface area contributed by atoms with Gasteiger partial charge in [-0.3, -0.25) is 14.4 Å². The molecule has 1 aliphatic rings. The lowest BCUT2D eigenvalue weighted by Crippen LogP contribution is -2.20. The Bertz CT molecular complexity index is 1210. The highest BCUT2D eigenvalue weighted by molar-refractivity contribution is 7.95. The minimum atomic E-state index is -3.65. The van der Waals surface area contributed by atoms with Crippen LogP contribution in [0, 0.1) is 0 Å². The molecule has 0 saturated carbocycles. The summed E-state index contributed by atoms with van der Waals surface area (Å²) in [6, 6.07) is 16.7. The smallest absolute Gasteiger partial charge is 0.263 e. The summed E-state index contributed by atoms with van der Waals surface area (Å²) >= 11 is 0. The maximum absolute atomic E-state index is 13.1. The van der Waals surface area contributed by atoms with E-state index in [1.54, 1.807) is 29.2 Å². The first kappa shape index (κ1) is 18.3. The molecule has 0 bridgehead atoms. The second-order valence-electron chi connectivity index (χ2n) is 7.06. The number of hydrogen-bond donors (Lipinski definition) is 1. The third kappa shape index (κ3) is 2.86. The van der Waals surface area contributed by atoms with Gasteiger partial charge in [0.05, 0.1) is 16.9 Å².